The molecule has 2 unspecified atom stereocenters. The molecule has 0 aromatic heterocycles. The molecule has 0 saturated carbocycles. The van der Waals surface area contributed by atoms with Crippen molar-refractivity contribution in [3.05, 3.63) is 0 Å². The van der Waals surface area contributed by atoms with E-state index >= 15 is 0 Å². The molecule has 0 bridgehead atoms. The maximum Gasteiger partial charge on any atom is 0.194 e. The van der Waals surface area contributed by atoms with Crippen molar-refractivity contribution < 1.29 is 13.2 Å². The second-order valence-electron chi connectivity index (χ2n) is 7.94. The van der Waals surface area contributed by atoms with E-state index in [0.29, 0.717) is 25.7 Å². The van der Waals surface area contributed by atoms with Gasteiger partial charge in [0.2, 0.25) is 0 Å². The quantitative estimate of drug-likeness (QED) is 0.568. The molecule has 3 aliphatic rings. The molecule has 3 aliphatic heterocycles. The first-order valence-electron chi connectivity index (χ1n) is 9.43. The highest BCUT2D eigenvalue weighted by atomic mass is 32.2. The average molecular weight is 373 g/mol. The Morgan fingerprint density at radius 3 is 2.88 bits per heavy atom. The summed E-state index contributed by atoms with van der Waals surface area (Å²) in [6.07, 6.45) is 2.64. The van der Waals surface area contributed by atoms with Crippen LogP contribution in [0.3, 0.4) is 0 Å². The minimum atomic E-state index is -3.04. The van der Waals surface area contributed by atoms with Crippen LogP contribution in [-0.2, 0) is 14.6 Å². The van der Waals surface area contributed by atoms with Crippen LogP contribution in [0.5, 0.6) is 0 Å². The highest BCUT2D eigenvalue weighted by molar-refractivity contribution is 7.92. The van der Waals surface area contributed by atoms with Gasteiger partial charge in [-0.1, -0.05) is 0 Å². The fraction of sp³-hybridized carbons (Fsp3) is 0.941. The molecule has 0 aromatic carbocycles. The van der Waals surface area contributed by atoms with E-state index in [1.54, 1.807) is 13.8 Å². The molecule has 1 N–H and O–H groups in total. The molecule has 3 fully saturated rings. The Balaban J connectivity index is 1.63. The molecule has 0 aromatic rings. The number of aliphatic imine (C=N–C) groups is 1. The molecule has 2 atom stereocenters. The lowest BCUT2D eigenvalue weighted by molar-refractivity contribution is -0.0432. The van der Waals surface area contributed by atoms with Crippen LogP contribution in [0, 0.1) is 0 Å². The number of nitrogens with one attached hydrogen (secondary N) is 1. The molecule has 0 aliphatic carbocycles. The topological polar surface area (TPSA) is 74.2 Å². The van der Waals surface area contributed by atoms with Gasteiger partial charge in [-0.05, 0) is 40.2 Å². The van der Waals surface area contributed by atoms with Crippen LogP contribution >= 0.6 is 0 Å². The number of ether oxygens (including phenoxy) is 1. The second-order valence-corrected chi connectivity index (χ2v) is 10.7. The summed E-state index contributed by atoms with van der Waals surface area (Å²) < 4.78 is 29.7. The van der Waals surface area contributed by atoms with Crippen molar-refractivity contribution >= 4 is 15.8 Å². The zero-order valence-corrected chi connectivity index (χ0v) is 16.5. The number of guanidine groups is 1. The van der Waals surface area contributed by atoms with Crippen molar-refractivity contribution in [3.63, 3.8) is 0 Å². The number of hydrogen-bond acceptors (Lipinski definition) is 5. The molecule has 0 spiro atoms. The zero-order valence-electron chi connectivity index (χ0n) is 15.7. The summed E-state index contributed by atoms with van der Waals surface area (Å²) in [5.74, 6) is 0.984. The zero-order chi connectivity index (χ0) is 18.1. The predicted molar refractivity (Wildman–Crippen MR) is 99.8 cm³/mol. The van der Waals surface area contributed by atoms with Crippen LogP contribution < -0.4 is 5.32 Å². The maximum absolute atomic E-state index is 12.2. The van der Waals surface area contributed by atoms with Crippen molar-refractivity contribution in [1.29, 1.82) is 0 Å². The van der Waals surface area contributed by atoms with Gasteiger partial charge in [0.15, 0.2) is 15.8 Å². The molecule has 3 rings (SSSR count). The van der Waals surface area contributed by atoms with E-state index in [0.717, 1.165) is 25.7 Å². The van der Waals surface area contributed by atoms with Crippen molar-refractivity contribution in [1.82, 2.24) is 15.1 Å². The summed E-state index contributed by atoms with van der Waals surface area (Å²) in [5.41, 5.74) is 0. The Kier molecular flexibility index (Phi) is 5.60. The largest absolute Gasteiger partial charge is 0.373 e. The summed E-state index contributed by atoms with van der Waals surface area (Å²) in [6, 6.07) is 0.599. The first-order valence-corrected chi connectivity index (χ1v) is 11.1. The summed E-state index contributed by atoms with van der Waals surface area (Å²) in [6.45, 7) is 10.9. The van der Waals surface area contributed by atoms with E-state index in [1.165, 1.54) is 19.4 Å². The fourth-order valence-electron chi connectivity index (χ4n) is 3.93. The van der Waals surface area contributed by atoms with Crippen molar-refractivity contribution in [2.45, 2.75) is 50.5 Å². The van der Waals surface area contributed by atoms with Crippen LogP contribution in [0.1, 0.15) is 33.6 Å². The first kappa shape index (κ1) is 18.9. The Morgan fingerprint density at radius 1 is 1.36 bits per heavy atom. The highest BCUT2D eigenvalue weighted by Crippen LogP contribution is 2.24. The average Bonchev–Trinajstić information content (AvgIpc) is 3.02. The van der Waals surface area contributed by atoms with E-state index < -0.39 is 14.6 Å². The highest BCUT2D eigenvalue weighted by Gasteiger charge is 2.41. The molecule has 144 valence electrons. The normalized spacial score (nSPS) is 32.4. The molecule has 7 nitrogen and oxygen atoms in total. The number of morpholine rings is 1. The van der Waals surface area contributed by atoms with Crippen molar-refractivity contribution in [3.8, 4) is 0 Å². The molecule has 25 heavy (non-hydrogen) atoms. The third kappa shape index (κ3) is 4.11. The molecule has 0 amide bonds. The van der Waals surface area contributed by atoms with E-state index in [2.05, 4.69) is 15.1 Å². The van der Waals surface area contributed by atoms with Gasteiger partial charge in [0.25, 0.3) is 0 Å². The number of rotatable bonds is 3. The van der Waals surface area contributed by atoms with E-state index in [4.69, 9.17) is 9.73 Å². The van der Waals surface area contributed by atoms with Gasteiger partial charge >= 0.3 is 0 Å². The van der Waals surface area contributed by atoms with Crippen molar-refractivity contribution in [2.24, 2.45) is 4.99 Å². The van der Waals surface area contributed by atoms with Crippen LogP contribution in [0.15, 0.2) is 4.99 Å². The Bertz CT molecular complexity index is 605. The minimum absolute atomic E-state index is 0.129. The van der Waals surface area contributed by atoms with Crippen LogP contribution in [0.2, 0.25) is 0 Å². The Morgan fingerprint density at radius 2 is 2.16 bits per heavy atom. The lowest BCUT2D eigenvalue weighted by Gasteiger charge is -2.39. The van der Waals surface area contributed by atoms with Gasteiger partial charge in [-0.25, -0.2) is 8.42 Å². The van der Waals surface area contributed by atoms with Gasteiger partial charge in [0, 0.05) is 32.2 Å². The van der Waals surface area contributed by atoms with E-state index in [1.807, 2.05) is 6.92 Å². The van der Waals surface area contributed by atoms with Gasteiger partial charge in [-0.3, -0.25) is 9.89 Å². The number of hydrogen-bond donors (Lipinski definition) is 1. The lowest BCUT2D eigenvalue weighted by Crippen LogP contribution is -2.57. The predicted octanol–water partition coefficient (Wildman–Crippen LogP) is 0.324. The van der Waals surface area contributed by atoms with Gasteiger partial charge in [0.1, 0.15) is 0 Å². The van der Waals surface area contributed by atoms with Crippen LogP contribution in [0.4, 0.5) is 0 Å². The SMILES string of the molecule is CCNC(=NCC1CN2CCCC2CO1)N1CCS(=O)(=O)C(C)(C)C1. The van der Waals surface area contributed by atoms with Crippen LogP contribution in [-0.4, -0.2) is 92.7 Å². The molecular weight excluding hydrogens is 340 g/mol. The standard InChI is InChI=1S/C17H32N4O3S/c1-4-18-16(21-8-9-25(22,23)17(2,3)13-21)19-10-15-11-20-7-5-6-14(20)12-24-15/h14-15H,4-13H2,1-3H3,(H,18,19). The van der Waals surface area contributed by atoms with E-state index in [9.17, 15) is 8.42 Å². The number of fused-ring (bicyclic) bond motifs is 1. The van der Waals surface area contributed by atoms with Gasteiger partial charge in [-0.15, -0.1) is 0 Å². The summed E-state index contributed by atoms with van der Waals surface area (Å²) in [5, 5.41) is 3.32. The molecule has 0 radical (unpaired) electrons. The summed E-state index contributed by atoms with van der Waals surface area (Å²) in [7, 11) is -3.04. The lowest BCUT2D eigenvalue weighted by atomic mass is 10.2. The number of nitrogens with zero attached hydrogens (tertiary/aromatic N) is 3. The molecule has 3 saturated heterocycles. The third-order valence-corrected chi connectivity index (χ3v) is 8.12. The molecule has 3 heterocycles. The fourth-order valence-corrected chi connectivity index (χ4v) is 5.30. The molecule has 8 heteroatoms. The number of sulfone groups is 1. The van der Waals surface area contributed by atoms with Crippen molar-refractivity contribution in [2.75, 3.05) is 51.6 Å². The molecular formula is C17H32N4O3S. The smallest absolute Gasteiger partial charge is 0.194 e. The third-order valence-electron chi connectivity index (χ3n) is 5.58. The van der Waals surface area contributed by atoms with Crippen LogP contribution in [0.25, 0.3) is 0 Å². The monoisotopic (exact) mass is 372 g/mol. The van der Waals surface area contributed by atoms with Gasteiger partial charge in [0.05, 0.1) is 29.8 Å². The van der Waals surface area contributed by atoms with E-state index in [-0.39, 0.29) is 11.9 Å². The summed E-state index contributed by atoms with van der Waals surface area (Å²) >= 11 is 0. The maximum atomic E-state index is 12.2. The first-order chi connectivity index (χ1) is 11.8. The van der Waals surface area contributed by atoms with Gasteiger partial charge < -0.3 is 15.0 Å². The Labute approximate surface area is 151 Å². The summed E-state index contributed by atoms with van der Waals surface area (Å²) in [4.78, 5) is 9.37. The van der Waals surface area contributed by atoms with Gasteiger partial charge in [-0.2, -0.15) is 0 Å². The Hall–Kier alpha value is -0.860. The second kappa shape index (κ2) is 7.40. The minimum Gasteiger partial charge on any atom is -0.373 e.